The van der Waals surface area contributed by atoms with E-state index in [1.165, 1.54) is 115 Å². The molecule has 4 heterocycles. The van der Waals surface area contributed by atoms with Gasteiger partial charge in [-0.05, 0) is 214 Å². The number of hydrogen-bond donors (Lipinski definition) is 0. The normalized spacial score (nSPS) is 13.2. The van der Waals surface area contributed by atoms with Crippen LogP contribution in [-0.2, 0) is 16.2 Å². The van der Waals surface area contributed by atoms with E-state index in [4.69, 9.17) is 49.3 Å². The molecule has 25 aromatic rings. The lowest BCUT2D eigenvalue weighted by Crippen LogP contribution is -2.15. The van der Waals surface area contributed by atoms with Gasteiger partial charge in [0.25, 0.3) is 0 Å². The zero-order valence-corrected chi connectivity index (χ0v) is 77.9. The number of hydrogen-bond acceptors (Lipinski definition) is 10. The van der Waals surface area contributed by atoms with Crippen LogP contribution in [0.4, 0.5) is 0 Å². The van der Waals surface area contributed by atoms with Gasteiger partial charge < -0.3 is 4.42 Å². The molecule has 0 spiro atoms. The summed E-state index contributed by atoms with van der Waals surface area (Å²) in [6.45, 7) is 14.0. The highest BCUT2D eigenvalue weighted by molar-refractivity contribution is 6.15. The van der Waals surface area contributed by atoms with E-state index in [-0.39, 0.29) is 16.2 Å². The number of aromatic nitrogens is 9. The number of benzene rings is 21. The first-order valence-corrected chi connectivity index (χ1v) is 48.0. The van der Waals surface area contributed by atoms with E-state index in [2.05, 4.69) is 399 Å². The summed E-state index contributed by atoms with van der Waals surface area (Å²) in [5.41, 5.74) is 28.2. The molecule has 10 nitrogen and oxygen atoms in total. The number of para-hydroxylation sites is 1. The van der Waals surface area contributed by atoms with Gasteiger partial charge in [-0.2, -0.15) is 0 Å². The van der Waals surface area contributed by atoms with Crippen molar-refractivity contribution in [2.75, 3.05) is 0 Å². The van der Waals surface area contributed by atoms with Crippen LogP contribution in [0.15, 0.2) is 435 Å². The van der Waals surface area contributed by atoms with Crippen molar-refractivity contribution < 1.29 is 4.42 Å². The average Bonchev–Trinajstić information content (AvgIpc) is 1.56. The zero-order chi connectivity index (χ0) is 93.6. The highest BCUT2D eigenvalue weighted by atomic mass is 16.3. The predicted molar refractivity (Wildman–Crippen MR) is 576 cm³/mol. The van der Waals surface area contributed by atoms with E-state index in [1.807, 2.05) is 72.8 Å². The fourth-order valence-electron chi connectivity index (χ4n) is 22.5. The first-order chi connectivity index (χ1) is 68.6. The molecule has 0 amide bonds. The van der Waals surface area contributed by atoms with E-state index < -0.39 is 0 Å². The summed E-state index contributed by atoms with van der Waals surface area (Å²) >= 11 is 0. The van der Waals surface area contributed by atoms with Gasteiger partial charge >= 0.3 is 0 Å². The van der Waals surface area contributed by atoms with E-state index in [0.29, 0.717) is 52.4 Å². The lowest BCUT2D eigenvalue weighted by Gasteiger charge is -2.24. The van der Waals surface area contributed by atoms with Crippen molar-refractivity contribution in [2.24, 2.45) is 0 Å². The maximum atomic E-state index is 6.23. The Bertz CT molecular complexity index is 9350. The zero-order valence-electron chi connectivity index (χ0n) is 77.9. The lowest BCUT2D eigenvalue weighted by molar-refractivity contribution is 0.661. The van der Waals surface area contributed by atoms with E-state index in [0.717, 1.165) is 110 Å². The van der Waals surface area contributed by atoms with Gasteiger partial charge in [-0.3, -0.25) is 0 Å². The van der Waals surface area contributed by atoms with Crippen LogP contribution < -0.4 is 0 Å². The standard InChI is InChI=1S/C48H33N3.C42H29N3.C40H27N3O/c1-48(2)43-26-13-12-24-38(43)41-29-40(37-23-10-11-25-39(37)44(41)48)31-18-14-19-33(27-31)46-49-45(30-15-4-3-5-16-30)50-47(51-46)42-28-32-17-6-7-20-34(32)35-21-8-9-22-36(35)42;1-42(2)37-18-10-9-16-33(37)35-25-36(32-15-7-8-17-34(32)38(35)42)41-44-39(30-21-19-26-11-3-5-13-28(26)23-30)43-40(45-41)31-22-20-27-12-4-6-14-29(27)24-31;1-40(2)32-18-10-8-17-30(32)36-29-16-7-6-14-26(29)31(23-33(36)40)39-42-37(24-12-4-3-5-13-24)41-38(43-39)25-20-21-28-27-15-9-11-19-34(27)44-35(28)22-25/h3-29H,1-2H3;3-25H,1-2H3;3-23H,1-2H3. The number of fused-ring (bicyclic) bond motifs is 23. The first-order valence-electron chi connectivity index (χ1n) is 48.0. The van der Waals surface area contributed by atoms with Crippen LogP contribution >= 0.6 is 0 Å². The molecule has 140 heavy (non-hydrogen) atoms. The summed E-state index contributed by atoms with van der Waals surface area (Å²) in [6.07, 6.45) is 0. The van der Waals surface area contributed by atoms with Crippen LogP contribution in [-0.4, -0.2) is 44.9 Å². The van der Waals surface area contributed by atoms with E-state index >= 15 is 0 Å². The molecule has 0 saturated heterocycles. The van der Waals surface area contributed by atoms with Crippen LogP contribution in [0.1, 0.15) is 74.9 Å². The molecule has 10 heteroatoms. The molecular formula is C130H89N9O. The first kappa shape index (κ1) is 82.9. The molecule has 3 aliphatic rings. The minimum absolute atomic E-state index is 0.0893. The maximum absolute atomic E-state index is 6.23. The largest absolute Gasteiger partial charge is 0.456 e. The maximum Gasteiger partial charge on any atom is 0.164 e. The Hall–Kier alpha value is -17.7. The van der Waals surface area contributed by atoms with Gasteiger partial charge in [0.2, 0.25) is 0 Å². The van der Waals surface area contributed by atoms with E-state index in [1.54, 1.807) is 0 Å². The molecule has 0 bridgehead atoms. The second-order valence-corrected chi connectivity index (χ2v) is 38.5. The summed E-state index contributed by atoms with van der Waals surface area (Å²) in [4.78, 5) is 46.3. The molecule has 660 valence electrons. The van der Waals surface area contributed by atoms with Gasteiger partial charge in [0.1, 0.15) is 11.2 Å². The molecule has 0 atom stereocenters. The van der Waals surface area contributed by atoms with Crippen molar-refractivity contribution in [2.45, 2.75) is 57.8 Å². The highest BCUT2D eigenvalue weighted by Gasteiger charge is 2.41. The van der Waals surface area contributed by atoms with Gasteiger partial charge in [0, 0.05) is 77.1 Å². The molecule has 4 aromatic heterocycles. The second-order valence-electron chi connectivity index (χ2n) is 38.5. The summed E-state index contributed by atoms with van der Waals surface area (Å²) in [6, 6.07) is 152. The fraction of sp³-hybridized carbons (Fsp3) is 0.0692. The van der Waals surface area contributed by atoms with Crippen molar-refractivity contribution >= 4 is 97.3 Å². The highest BCUT2D eigenvalue weighted by Crippen LogP contribution is 2.57. The van der Waals surface area contributed by atoms with Crippen molar-refractivity contribution in [1.82, 2.24) is 44.9 Å². The van der Waals surface area contributed by atoms with Crippen LogP contribution in [0.3, 0.4) is 0 Å². The Balaban J connectivity index is 0.000000108. The third-order valence-corrected chi connectivity index (χ3v) is 29.3. The Morgan fingerprint density at radius 1 is 0.157 bits per heavy atom. The van der Waals surface area contributed by atoms with Crippen molar-refractivity contribution in [3.63, 3.8) is 0 Å². The Morgan fingerprint density at radius 3 is 1.03 bits per heavy atom. The summed E-state index contributed by atoms with van der Waals surface area (Å²) < 4.78 is 6.23. The van der Waals surface area contributed by atoms with Gasteiger partial charge in [-0.15, -0.1) is 0 Å². The summed E-state index contributed by atoms with van der Waals surface area (Å²) in [7, 11) is 0. The third kappa shape index (κ3) is 13.8. The van der Waals surface area contributed by atoms with Crippen molar-refractivity contribution in [3.8, 4) is 147 Å². The van der Waals surface area contributed by atoms with Crippen LogP contribution in [0.2, 0.25) is 0 Å². The minimum Gasteiger partial charge on any atom is -0.456 e. The molecule has 28 rings (SSSR count). The molecular weight excluding hydrogens is 1700 g/mol. The quantitative estimate of drug-likeness (QED) is 0.122. The van der Waals surface area contributed by atoms with E-state index in [9.17, 15) is 0 Å². The molecule has 21 aromatic carbocycles. The van der Waals surface area contributed by atoms with Crippen LogP contribution in [0.5, 0.6) is 0 Å². The molecule has 0 N–H and O–H groups in total. The topological polar surface area (TPSA) is 129 Å². The smallest absolute Gasteiger partial charge is 0.164 e. The third-order valence-electron chi connectivity index (χ3n) is 29.3. The molecule has 0 aliphatic heterocycles. The summed E-state index contributed by atoms with van der Waals surface area (Å²) in [5, 5.41) is 18.8. The minimum atomic E-state index is -0.158. The number of furan rings is 1. The molecule has 0 saturated carbocycles. The fourth-order valence-corrected chi connectivity index (χ4v) is 22.5. The second kappa shape index (κ2) is 32.8. The lowest BCUT2D eigenvalue weighted by atomic mass is 9.79. The van der Waals surface area contributed by atoms with Gasteiger partial charge in [0.05, 0.1) is 0 Å². The molecule has 0 unspecified atom stereocenters. The van der Waals surface area contributed by atoms with Gasteiger partial charge in [-0.1, -0.05) is 412 Å². The SMILES string of the molecule is CC1(C)c2ccccc2-c2c1cc(-c1nc(-c3ccccc3)nc(-c3ccc4c(c3)oc3ccccc34)n1)c1ccccc21.CC1(C)c2ccccc2-c2cc(-c3cccc(-c4nc(-c5ccccc5)nc(-c5cc6ccccc6c6ccccc56)n4)c3)c3ccccc3c21.CC1(C)c2ccccc2-c2cc(-c3nc(-c4ccc5ccccc5c4)nc(-c4ccc5ccccc5c4)n3)c3ccccc3c21. The van der Waals surface area contributed by atoms with Gasteiger partial charge in [-0.25, -0.2) is 44.9 Å². The monoisotopic (exact) mass is 1790 g/mol. The molecule has 0 radical (unpaired) electrons. The number of rotatable bonds is 10. The van der Waals surface area contributed by atoms with Crippen LogP contribution in [0.25, 0.3) is 244 Å². The Kier molecular flexibility index (Phi) is 19.4. The predicted octanol–water partition coefficient (Wildman–Crippen LogP) is 33.2. The Labute approximate surface area is 809 Å². The van der Waals surface area contributed by atoms with Crippen LogP contribution in [0, 0.1) is 0 Å². The molecule has 0 fully saturated rings. The van der Waals surface area contributed by atoms with Crippen molar-refractivity contribution in [1.29, 1.82) is 0 Å². The molecule has 3 aliphatic carbocycles. The number of nitrogens with zero attached hydrogens (tertiary/aromatic N) is 9. The van der Waals surface area contributed by atoms with Gasteiger partial charge in [0.15, 0.2) is 52.4 Å². The Morgan fingerprint density at radius 2 is 0.493 bits per heavy atom. The van der Waals surface area contributed by atoms with Crippen molar-refractivity contribution in [3.05, 3.63) is 464 Å². The average molecular weight is 1790 g/mol. The summed E-state index contributed by atoms with van der Waals surface area (Å²) in [5.74, 6) is 5.88.